The standard InChI is InChI=1S/C19H21N5O3S/c1-2-26-16-6-5-14(12-20-16)19(25)24-9-7-23(8-10-24)13-17-21-18(22-27-17)15-4-3-11-28-15/h3-6,11-12H,2,7-10,13H2,1H3. The lowest BCUT2D eigenvalue weighted by atomic mass is 10.2. The number of rotatable bonds is 6. The number of carbonyl (C=O) groups is 1. The molecule has 0 bridgehead atoms. The summed E-state index contributed by atoms with van der Waals surface area (Å²) in [6.07, 6.45) is 1.57. The Labute approximate surface area is 166 Å². The van der Waals surface area contributed by atoms with Gasteiger partial charge in [-0.15, -0.1) is 11.3 Å². The van der Waals surface area contributed by atoms with E-state index in [4.69, 9.17) is 9.26 Å². The molecule has 0 radical (unpaired) electrons. The third-order valence-electron chi connectivity index (χ3n) is 4.50. The molecule has 1 fully saturated rings. The largest absolute Gasteiger partial charge is 0.478 e. The molecule has 0 aliphatic carbocycles. The van der Waals surface area contributed by atoms with E-state index >= 15 is 0 Å². The van der Waals surface area contributed by atoms with Gasteiger partial charge in [-0.25, -0.2) is 4.98 Å². The Hall–Kier alpha value is -2.78. The zero-order chi connectivity index (χ0) is 19.3. The number of aromatic nitrogens is 3. The first-order valence-electron chi connectivity index (χ1n) is 9.20. The number of hydrogen-bond acceptors (Lipinski definition) is 8. The second-order valence-electron chi connectivity index (χ2n) is 6.38. The fourth-order valence-electron chi connectivity index (χ4n) is 3.05. The Morgan fingerprint density at radius 1 is 1.25 bits per heavy atom. The highest BCUT2D eigenvalue weighted by atomic mass is 32.1. The molecule has 0 N–H and O–H groups in total. The van der Waals surface area contributed by atoms with Gasteiger partial charge in [-0.1, -0.05) is 11.2 Å². The number of nitrogens with zero attached hydrogens (tertiary/aromatic N) is 5. The topological polar surface area (TPSA) is 84.6 Å². The van der Waals surface area contributed by atoms with Crippen LogP contribution < -0.4 is 4.74 Å². The highest BCUT2D eigenvalue weighted by molar-refractivity contribution is 7.13. The molecule has 3 aromatic heterocycles. The SMILES string of the molecule is CCOc1ccc(C(=O)N2CCN(Cc3nc(-c4cccs4)no3)CC2)cn1. The van der Waals surface area contributed by atoms with Gasteiger partial charge < -0.3 is 14.2 Å². The van der Waals surface area contributed by atoms with Crippen molar-refractivity contribution >= 4 is 17.2 Å². The first-order chi connectivity index (χ1) is 13.7. The van der Waals surface area contributed by atoms with E-state index in [-0.39, 0.29) is 5.91 Å². The van der Waals surface area contributed by atoms with E-state index in [9.17, 15) is 4.79 Å². The molecule has 4 rings (SSSR count). The van der Waals surface area contributed by atoms with Gasteiger partial charge in [0, 0.05) is 38.4 Å². The van der Waals surface area contributed by atoms with Crippen LogP contribution in [0.4, 0.5) is 0 Å². The van der Waals surface area contributed by atoms with Gasteiger partial charge in [-0.05, 0) is 24.4 Å². The number of thiophene rings is 1. The van der Waals surface area contributed by atoms with Crippen molar-refractivity contribution < 1.29 is 14.1 Å². The molecular weight excluding hydrogens is 378 g/mol. The average Bonchev–Trinajstić information content (AvgIpc) is 3.41. The van der Waals surface area contributed by atoms with Crippen LogP contribution in [0, 0.1) is 0 Å². The van der Waals surface area contributed by atoms with Crippen molar-refractivity contribution in [3.8, 4) is 16.6 Å². The maximum atomic E-state index is 12.7. The van der Waals surface area contributed by atoms with Crippen LogP contribution in [0.1, 0.15) is 23.2 Å². The molecule has 0 spiro atoms. The van der Waals surface area contributed by atoms with Crippen molar-refractivity contribution in [2.45, 2.75) is 13.5 Å². The van der Waals surface area contributed by atoms with Crippen molar-refractivity contribution in [2.75, 3.05) is 32.8 Å². The number of ether oxygens (including phenoxy) is 1. The minimum Gasteiger partial charge on any atom is -0.478 e. The van der Waals surface area contributed by atoms with E-state index in [1.165, 1.54) is 0 Å². The van der Waals surface area contributed by atoms with Crippen LogP contribution >= 0.6 is 11.3 Å². The summed E-state index contributed by atoms with van der Waals surface area (Å²) in [6.45, 7) is 5.86. The maximum absolute atomic E-state index is 12.7. The molecule has 146 valence electrons. The van der Waals surface area contributed by atoms with Gasteiger partial charge >= 0.3 is 0 Å². The molecule has 1 amide bonds. The molecule has 1 aliphatic rings. The minimum absolute atomic E-state index is 0.00651. The Morgan fingerprint density at radius 2 is 2.11 bits per heavy atom. The Kier molecular flexibility index (Phi) is 5.63. The lowest BCUT2D eigenvalue weighted by Crippen LogP contribution is -2.48. The summed E-state index contributed by atoms with van der Waals surface area (Å²) >= 11 is 1.58. The van der Waals surface area contributed by atoms with Gasteiger partial charge in [0.1, 0.15) is 0 Å². The van der Waals surface area contributed by atoms with Gasteiger partial charge in [0.15, 0.2) is 0 Å². The second-order valence-corrected chi connectivity index (χ2v) is 7.32. The van der Waals surface area contributed by atoms with Crippen LogP contribution in [0.5, 0.6) is 5.88 Å². The summed E-state index contributed by atoms with van der Waals surface area (Å²) in [7, 11) is 0. The molecule has 1 aliphatic heterocycles. The third kappa shape index (κ3) is 4.20. The molecule has 1 saturated heterocycles. The fraction of sp³-hybridized carbons (Fsp3) is 0.368. The van der Waals surface area contributed by atoms with Gasteiger partial charge in [-0.2, -0.15) is 4.98 Å². The van der Waals surface area contributed by atoms with Crippen molar-refractivity contribution in [3.63, 3.8) is 0 Å². The highest BCUT2D eigenvalue weighted by Crippen LogP contribution is 2.22. The van der Waals surface area contributed by atoms with Crippen LogP contribution in [0.3, 0.4) is 0 Å². The number of amides is 1. The predicted octanol–water partition coefficient (Wildman–Crippen LogP) is 2.55. The highest BCUT2D eigenvalue weighted by Gasteiger charge is 2.24. The van der Waals surface area contributed by atoms with Crippen LogP contribution in [-0.4, -0.2) is 63.6 Å². The summed E-state index contributed by atoms with van der Waals surface area (Å²) in [5.74, 6) is 1.75. The van der Waals surface area contributed by atoms with Gasteiger partial charge in [-0.3, -0.25) is 9.69 Å². The minimum atomic E-state index is -0.00651. The Bertz CT molecular complexity index is 902. The summed E-state index contributed by atoms with van der Waals surface area (Å²) in [5.41, 5.74) is 0.578. The maximum Gasteiger partial charge on any atom is 0.255 e. The first-order valence-corrected chi connectivity index (χ1v) is 10.1. The molecule has 0 atom stereocenters. The number of hydrogen-bond donors (Lipinski definition) is 0. The van der Waals surface area contributed by atoms with E-state index in [0.717, 1.165) is 18.0 Å². The number of piperazine rings is 1. The van der Waals surface area contributed by atoms with Gasteiger partial charge in [0.2, 0.25) is 17.6 Å². The van der Waals surface area contributed by atoms with Gasteiger partial charge in [0.05, 0.1) is 23.6 Å². The molecule has 8 nitrogen and oxygen atoms in total. The third-order valence-corrected chi connectivity index (χ3v) is 5.37. The Morgan fingerprint density at radius 3 is 2.79 bits per heavy atom. The van der Waals surface area contributed by atoms with E-state index in [1.54, 1.807) is 29.7 Å². The van der Waals surface area contributed by atoms with Gasteiger partial charge in [0.25, 0.3) is 5.91 Å². The Balaban J connectivity index is 1.30. The van der Waals surface area contributed by atoms with E-state index < -0.39 is 0 Å². The number of carbonyl (C=O) groups excluding carboxylic acids is 1. The fourth-order valence-corrected chi connectivity index (χ4v) is 3.70. The van der Waals surface area contributed by atoms with Crippen molar-refractivity contribution in [1.29, 1.82) is 0 Å². The van der Waals surface area contributed by atoms with Crippen molar-refractivity contribution in [3.05, 3.63) is 47.3 Å². The van der Waals surface area contributed by atoms with E-state index in [0.29, 0.717) is 49.4 Å². The molecular formula is C19H21N5O3S. The monoisotopic (exact) mass is 399 g/mol. The lowest BCUT2D eigenvalue weighted by Gasteiger charge is -2.33. The quantitative estimate of drug-likeness (QED) is 0.630. The van der Waals surface area contributed by atoms with Crippen LogP contribution in [0.15, 0.2) is 40.4 Å². The van der Waals surface area contributed by atoms with E-state index in [1.807, 2.05) is 29.3 Å². The summed E-state index contributed by atoms with van der Waals surface area (Å²) in [6, 6.07) is 7.43. The van der Waals surface area contributed by atoms with Crippen molar-refractivity contribution in [1.82, 2.24) is 24.9 Å². The summed E-state index contributed by atoms with van der Waals surface area (Å²) < 4.78 is 10.7. The molecule has 0 unspecified atom stereocenters. The zero-order valence-electron chi connectivity index (χ0n) is 15.6. The molecule has 4 heterocycles. The van der Waals surface area contributed by atoms with Crippen molar-refractivity contribution in [2.24, 2.45) is 0 Å². The van der Waals surface area contributed by atoms with E-state index in [2.05, 4.69) is 20.0 Å². The number of pyridine rings is 1. The summed E-state index contributed by atoms with van der Waals surface area (Å²) in [4.78, 5) is 26.3. The average molecular weight is 399 g/mol. The van der Waals surface area contributed by atoms with Crippen LogP contribution in [-0.2, 0) is 6.54 Å². The molecule has 0 aromatic carbocycles. The van der Waals surface area contributed by atoms with Crippen LogP contribution in [0.2, 0.25) is 0 Å². The normalized spacial score (nSPS) is 15.0. The molecule has 28 heavy (non-hydrogen) atoms. The predicted molar refractivity (Wildman–Crippen MR) is 104 cm³/mol. The summed E-state index contributed by atoms with van der Waals surface area (Å²) in [5, 5.41) is 6.03. The smallest absolute Gasteiger partial charge is 0.255 e. The molecule has 0 saturated carbocycles. The lowest BCUT2D eigenvalue weighted by molar-refractivity contribution is 0.0614. The molecule has 3 aromatic rings. The first kappa shape index (κ1) is 18.6. The van der Waals surface area contributed by atoms with Crippen LogP contribution in [0.25, 0.3) is 10.7 Å². The zero-order valence-corrected chi connectivity index (χ0v) is 16.4. The molecule has 9 heteroatoms. The second kappa shape index (κ2) is 8.49.